The summed E-state index contributed by atoms with van der Waals surface area (Å²) in [6.07, 6.45) is 1.75. The lowest BCUT2D eigenvalue weighted by Crippen LogP contribution is -2.17. The molecule has 0 spiro atoms. The number of aryl methyl sites for hydroxylation is 1. The Morgan fingerprint density at radius 1 is 1.29 bits per heavy atom. The van der Waals surface area contributed by atoms with Crippen molar-refractivity contribution in [2.75, 3.05) is 0 Å². The molecule has 0 fully saturated rings. The fourth-order valence-corrected chi connectivity index (χ4v) is 2.05. The van der Waals surface area contributed by atoms with Crippen LogP contribution in [0, 0.1) is 0 Å². The van der Waals surface area contributed by atoms with Gasteiger partial charge in [-0.15, -0.1) is 0 Å². The van der Waals surface area contributed by atoms with Gasteiger partial charge in [0.1, 0.15) is 0 Å². The number of rotatable bonds is 3. The van der Waals surface area contributed by atoms with E-state index in [9.17, 15) is 0 Å². The molecule has 2 rings (SSSR count). The number of nitrogens with two attached hydrogens (primary N) is 1. The summed E-state index contributed by atoms with van der Waals surface area (Å²) < 4.78 is 1.87. The van der Waals surface area contributed by atoms with Gasteiger partial charge in [-0.25, -0.2) is 0 Å². The predicted molar refractivity (Wildman–Crippen MR) is 70.4 cm³/mol. The zero-order valence-corrected chi connectivity index (χ0v) is 10.9. The number of aromatic nitrogens is 2. The molecule has 5 heteroatoms. The van der Waals surface area contributed by atoms with Crippen LogP contribution in [0.5, 0.6) is 0 Å². The van der Waals surface area contributed by atoms with E-state index < -0.39 is 0 Å². The summed E-state index contributed by atoms with van der Waals surface area (Å²) in [5, 5.41) is 5.25. The summed E-state index contributed by atoms with van der Waals surface area (Å²) >= 11 is 11.9. The molecule has 0 saturated heterocycles. The van der Waals surface area contributed by atoms with Crippen LogP contribution in [0.15, 0.2) is 30.5 Å². The standard InChI is InChI=1S/C12H13Cl2N3/c1-2-17-11(5-6-16-17)12(15)8-3-4-9(13)10(14)7-8/h3-7,12H,2,15H2,1H3. The van der Waals surface area contributed by atoms with Gasteiger partial charge in [-0.05, 0) is 30.7 Å². The molecular formula is C12H13Cl2N3. The molecule has 2 N–H and O–H groups in total. The van der Waals surface area contributed by atoms with E-state index >= 15 is 0 Å². The number of benzene rings is 1. The first-order chi connectivity index (χ1) is 8.13. The smallest absolute Gasteiger partial charge is 0.0723 e. The van der Waals surface area contributed by atoms with Gasteiger partial charge in [0.25, 0.3) is 0 Å². The molecule has 2 aromatic rings. The van der Waals surface area contributed by atoms with Gasteiger partial charge in [-0.1, -0.05) is 29.3 Å². The molecule has 17 heavy (non-hydrogen) atoms. The number of halogens is 2. The Balaban J connectivity index is 2.36. The topological polar surface area (TPSA) is 43.8 Å². The second-order valence-electron chi connectivity index (χ2n) is 3.72. The molecule has 0 bridgehead atoms. The largest absolute Gasteiger partial charge is 0.319 e. The molecule has 0 saturated carbocycles. The lowest BCUT2D eigenvalue weighted by molar-refractivity contribution is 0.601. The van der Waals surface area contributed by atoms with Crippen LogP contribution in [0.25, 0.3) is 0 Å². The number of hydrogen-bond donors (Lipinski definition) is 1. The van der Waals surface area contributed by atoms with Crippen LogP contribution in [0.4, 0.5) is 0 Å². The normalized spacial score (nSPS) is 12.7. The SMILES string of the molecule is CCn1nccc1C(N)c1ccc(Cl)c(Cl)c1. The van der Waals surface area contributed by atoms with Crippen LogP contribution in [-0.2, 0) is 6.54 Å². The third-order valence-electron chi connectivity index (χ3n) is 2.67. The predicted octanol–water partition coefficient (Wildman–Crippen LogP) is 3.26. The second-order valence-corrected chi connectivity index (χ2v) is 4.54. The van der Waals surface area contributed by atoms with Crippen molar-refractivity contribution < 1.29 is 0 Å². The van der Waals surface area contributed by atoms with Crippen molar-refractivity contribution >= 4 is 23.2 Å². The number of nitrogens with zero attached hydrogens (tertiary/aromatic N) is 2. The maximum absolute atomic E-state index is 6.19. The first-order valence-corrected chi connectivity index (χ1v) is 6.11. The third kappa shape index (κ3) is 2.46. The minimum absolute atomic E-state index is 0.243. The highest BCUT2D eigenvalue weighted by Gasteiger charge is 2.14. The fourth-order valence-electron chi connectivity index (χ4n) is 1.75. The van der Waals surface area contributed by atoms with Crippen LogP contribution in [0.2, 0.25) is 10.0 Å². The van der Waals surface area contributed by atoms with E-state index in [-0.39, 0.29) is 6.04 Å². The summed E-state index contributed by atoms with van der Waals surface area (Å²) in [6, 6.07) is 7.10. The summed E-state index contributed by atoms with van der Waals surface area (Å²) in [4.78, 5) is 0. The minimum Gasteiger partial charge on any atom is -0.319 e. The van der Waals surface area contributed by atoms with Crippen LogP contribution >= 0.6 is 23.2 Å². The Labute approximate surface area is 110 Å². The van der Waals surface area contributed by atoms with Crippen molar-refractivity contribution in [3.8, 4) is 0 Å². The molecule has 0 aliphatic heterocycles. The van der Waals surface area contributed by atoms with E-state index in [4.69, 9.17) is 28.9 Å². The molecule has 0 amide bonds. The van der Waals surface area contributed by atoms with E-state index in [1.54, 1.807) is 18.3 Å². The Bertz CT molecular complexity index is 522. The van der Waals surface area contributed by atoms with Gasteiger partial charge in [0.05, 0.1) is 21.8 Å². The molecule has 0 aliphatic rings. The Kier molecular flexibility index (Phi) is 3.72. The monoisotopic (exact) mass is 269 g/mol. The molecule has 0 aliphatic carbocycles. The summed E-state index contributed by atoms with van der Waals surface area (Å²) in [5.41, 5.74) is 8.08. The average molecular weight is 270 g/mol. The molecule has 1 aromatic heterocycles. The highest BCUT2D eigenvalue weighted by molar-refractivity contribution is 6.42. The fraction of sp³-hybridized carbons (Fsp3) is 0.250. The van der Waals surface area contributed by atoms with Crippen molar-refractivity contribution in [3.05, 3.63) is 51.8 Å². The quantitative estimate of drug-likeness (QED) is 0.930. The van der Waals surface area contributed by atoms with Gasteiger partial charge in [0.2, 0.25) is 0 Å². The van der Waals surface area contributed by atoms with Crippen LogP contribution in [-0.4, -0.2) is 9.78 Å². The van der Waals surface area contributed by atoms with Crippen LogP contribution < -0.4 is 5.73 Å². The minimum atomic E-state index is -0.243. The van der Waals surface area contributed by atoms with Crippen molar-refractivity contribution in [3.63, 3.8) is 0 Å². The van der Waals surface area contributed by atoms with Crippen LogP contribution in [0.1, 0.15) is 24.2 Å². The molecular weight excluding hydrogens is 257 g/mol. The van der Waals surface area contributed by atoms with E-state index in [1.807, 2.05) is 23.7 Å². The lowest BCUT2D eigenvalue weighted by Gasteiger charge is -2.14. The number of hydrogen-bond acceptors (Lipinski definition) is 2. The van der Waals surface area contributed by atoms with Gasteiger partial charge in [-0.2, -0.15) is 5.10 Å². The Morgan fingerprint density at radius 3 is 2.71 bits per heavy atom. The average Bonchev–Trinajstić information content (AvgIpc) is 2.80. The van der Waals surface area contributed by atoms with E-state index in [2.05, 4.69) is 5.10 Å². The molecule has 1 atom stereocenters. The molecule has 1 heterocycles. The molecule has 3 nitrogen and oxygen atoms in total. The maximum atomic E-state index is 6.19. The van der Waals surface area contributed by atoms with Crippen molar-refractivity contribution in [1.82, 2.24) is 9.78 Å². The van der Waals surface area contributed by atoms with Gasteiger partial charge in [0.15, 0.2) is 0 Å². The van der Waals surface area contributed by atoms with Crippen molar-refractivity contribution in [1.29, 1.82) is 0 Å². The Hall–Kier alpha value is -1.03. The highest BCUT2D eigenvalue weighted by Crippen LogP contribution is 2.27. The third-order valence-corrected chi connectivity index (χ3v) is 3.41. The van der Waals surface area contributed by atoms with Crippen molar-refractivity contribution in [2.45, 2.75) is 19.5 Å². The van der Waals surface area contributed by atoms with Crippen LogP contribution in [0.3, 0.4) is 0 Å². The van der Waals surface area contributed by atoms with E-state index in [1.165, 1.54) is 0 Å². The highest BCUT2D eigenvalue weighted by atomic mass is 35.5. The maximum Gasteiger partial charge on any atom is 0.0723 e. The van der Waals surface area contributed by atoms with E-state index in [0.717, 1.165) is 17.8 Å². The first kappa shape index (κ1) is 12.4. The summed E-state index contributed by atoms with van der Waals surface area (Å²) in [6.45, 7) is 2.81. The zero-order chi connectivity index (χ0) is 12.4. The summed E-state index contributed by atoms with van der Waals surface area (Å²) in [5.74, 6) is 0. The van der Waals surface area contributed by atoms with Gasteiger partial charge >= 0.3 is 0 Å². The Morgan fingerprint density at radius 2 is 2.06 bits per heavy atom. The molecule has 0 radical (unpaired) electrons. The molecule has 1 aromatic carbocycles. The molecule has 90 valence electrons. The molecule has 1 unspecified atom stereocenters. The second kappa shape index (κ2) is 5.08. The van der Waals surface area contributed by atoms with E-state index in [0.29, 0.717) is 10.0 Å². The van der Waals surface area contributed by atoms with Gasteiger partial charge in [0, 0.05) is 12.7 Å². The van der Waals surface area contributed by atoms with Crippen molar-refractivity contribution in [2.24, 2.45) is 5.73 Å². The lowest BCUT2D eigenvalue weighted by atomic mass is 10.0. The van der Waals surface area contributed by atoms with Gasteiger partial charge < -0.3 is 5.73 Å². The van der Waals surface area contributed by atoms with Gasteiger partial charge in [-0.3, -0.25) is 4.68 Å². The zero-order valence-electron chi connectivity index (χ0n) is 9.40. The summed E-state index contributed by atoms with van der Waals surface area (Å²) in [7, 11) is 0. The first-order valence-electron chi connectivity index (χ1n) is 5.35.